The van der Waals surface area contributed by atoms with Crippen LogP contribution in [0, 0.1) is 0 Å². The summed E-state index contributed by atoms with van der Waals surface area (Å²) in [5.74, 6) is 1.75. The van der Waals surface area contributed by atoms with Crippen molar-refractivity contribution in [2.24, 2.45) is 0 Å². The van der Waals surface area contributed by atoms with Crippen LogP contribution >= 0.6 is 0 Å². The molecule has 0 aliphatic rings. The minimum Gasteiger partial charge on any atom is -0.363 e. The van der Waals surface area contributed by atoms with Gasteiger partial charge in [-0.25, -0.2) is 19.9 Å². The van der Waals surface area contributed by atoms with Crippen molar-refractivity contribution >= 4 is 5.82 Å². The van der Waals surface area contributed by atoms with E-state index < -0.39 is 0 Å². The summed E-state index contributed by atoms with van der Waals surface area (Å²) in [4.78, 5) is 26.8. The van der Waals surface area contributed by atoms with Gasteiger partial charge in [-0.1, -0.05) is 13.0 Å². The van der Waals surface area contributed by atoms with Crippen molar-refractivity contribution < 1.29 is 0 Å². The molecule has 0 radical (unpaired) electrons. The Hall–Kier alpha value is -3.03. The zero-order valence-electron chi connectivity index (χ0n) is 12.0. The number of hydrogen-bond acceptors (Lipinski definition) is 6. The van der Waals surface area contributed by atoms with Crippen LogP contribution < -0.4 is 11.0 Å². The van der Waals surface area contributed by atoms with Crippen LogP contribution in [0.15, 0.2) is 35.3 Å². The van der Waals surface area contributed by atoms with Crippen LogP contribution in [-0.4, -0.2) is 30.1 Å². The number of pyridine rings is 1. The standard InChI is InChI=1S/C14H15N7O/c1-2-9-7-11(16-8-12-19-14(22)21-20-12)18-13(17-9)10-5-3-4-6-15-10/h3-7H,2,8H2,1H3,(H,16,17,18)(H2,19,20,21,22). The van der Waals surface area contributed by atoms with Crippen molar-refractivity contribution in [3.63, 3.8) is 0 Å². The van der Waals surface area contributed by atoms with Gasteiger partial charge in [0.05, 0.1) is 6.54 Å². The van der Waals surface area contributed by atoms with E-state index in [0.717, 1.165) is 12.1 Å². The molecule has 0 atom stereocenters. The molecule has 0 spiro atoms. The first-order chi connectivity index (χ1) is 10.7. The monoisotopic (exact) mass is 297 g/mol. The summed E-state index contributed by atoms with van der Waals surface area (Å²) < 4.78 is 0. The maximum atomic E-state index is 11.0. The molecule has 0 saturated heterocycles. The molecule has 3 rings (SSSR count). The van der Waals surface area contributed by atoms with Crippen molar-refractivity contribution in [3.8, 4) is 11.5 Å². The molecule has 22 heavy (non-hydrogen) atoms. The maximum absolute atomic E-state index is 11.0. The Labute approximate surface area is 126 Å². The lowest BCUT2D eigenvalue weighted by molar-refractivity contribution is 0.935. The van der Waals surface area contributed by atoms with Crippen molar-refractivity contribution in [1.29, 1.82) is 0 Å². The van der Waals surface area contributed by atoms with Crippen LogP contribution in [0.25, 0.3) is 11.5 Å². The van der Waals surface area contributed by atoms with Crippen LogP contribution in [0.4, 0.5) is 5.82 Å². The highest BCUT2D eigenvalue weighted by atomic mass is 16.1. The summed E-state index contributed by atoms with van der Waals surface area (Å²) in [7, 11) is 0. The Morgan fingerprint density at radius 1 is 1.27 bits per heavy atom. The molecule has 0 aromatic carbocycles. The molecule has 112 valence electrons. The van der Waals surface area contributed by atoms with Crippen molar-refractivity contribution in [2.75, 3.05) is 5.32 Å². The first-order valence-corrected chi connectivity index (χ1v) is 6.91. The molecule has 0 unspecified atom stereocenters. The average Bonchev–Trinajstić information content (AvgIpc) is 2.99. The summed E-state index contributed by atoms with van der Waals surface area (Å²) in [6.45, 7) is 2.39. The Bertz CT molecular complexity index is 809. The molecule has 0 aliphatic heterocycles. The van der Waals surface area contributed by atoms with Crippen LogP contribution in [0.2, 0.25) is 0 Å². The molecule has 0 fully saturated rings. The molecule has 3 aromatic heterocycles. The molecule has 0 saturated carbocycles. The summed E-state index contributed by atoms with van der Waals surface area (Å²) in [5.41, 5.74) is 1.30. The number of anilines is 1. The van der Waals surface area contributed by atoms with Crippen molar-refractivity contribution in [2.45, 2.75) is 19.9 Å². The highest BCUT2D eigenvalue weighted by Gasteiger charge is 2.07. The first-order valence-electron chi connectivity index (χ1n) is 6.91. The Balaban J connectivity index is 1.86. The van der Waals surface area contributed by atoms with E-state index in [1.54, 1.807) is 6.20 Å². The van der Waals surface area contributed by atoms with Crippen molar-refractivity contribution in [1.82, 2.24) is 30.1 Å². The number of aromatic amines is 2. The van der Waals surface area contributed by atoms with E-state index in [2.05, 4.69) is 35.5 Å². The SMILES string of the molecule is CCc1cc(NCc2n[nH]c(=O)[nH]2)nc(-c2ccccn2)n1. The number of H-pyrrole nitrogens is 2. The van der Waals surface area contributed by atoms with Gasteiger partial charge in [-0.05, 0) is 18.6 Å². The van der Waals surface area contributed by atoms with Gasteiger partial charge in [0.15, 0.2) is 5.82 Å². The lowest BCUT2D eigenvalue weighted by atomic mass is 10.3. The summed E-state index contributed by atoms with van der Waals surface area (Å²) in [6.07, 6.45) is 2.50. The van der Waals surface area contributed by atoms with E-state index in [1.165, 1.54) is 0 Å². The van der Waals surface area contributed by atoms with Gasteiger partial charge in [-0.3, -0.25) is 9.97 Å². The fourth-order valence-electron chi connectivity index (χ4n) is 1.94. The number of aryl methyl sites for hydroxylation is 1. The highest BCUT2D eigenvalue weighted by Crippen LogP contribution is 2.16. The summed E-state index contributed by atoms with van der Waals surface area (Å²) >= 11 is 0. The molecule has 8 heteroatoms. The normalized spacial score (nSPS) is 10.6. The van der Waals surface area contributed by atoms with E-state index in [9.17, 15) is 4.79 Å². The topological polar surface area (TPSA) is 112 Å². The second-order valence-corrected chi connectivity index (χ2v) is 4.61. The number of nitrogens with one attached hydrogen (secondary N) is 3. The lowest BCUT2D eigenvalue weighted by Gasteiger charge is -2.08. The number of aromatic nitrogens is 6. The molecule has 8 nitrogen and oxygen atoms in total. The smallest absolute Gasteiger partial charge is 0.340 e. The predicted molar refractivity (Wildman–Crippen MR) is 81.2 cm³/mol. The molecular weight excluding hydrogens is 282 g/mol. The summed E-state index contributed by atoms with van der Waals surface area (Å²) in [5, 5.41) is 9.29. The van der Waals surface area contributed by atoms with Gasteiger partial charge >= 0.3 is 5.69 Å². The zero-order chi connectivity index (χ0) is 15.4. The van der Waals surface area contributed by atoms with Gasteiger partial charge in [-0.15, -0.1) is 0 Å². The second-order valence-electron chi connectivity index (χ2n) is 4.61. The third-order valence-corrected chi connectivity index (χ3v) is 3.02. The lowest BCUT2D eigenvalue weighted by Crippen LogP contribution is -2.07. The van der Waals surface area contributed by atoms with Crippen LogP contribution in [0.3, 0.4) is 0 Å². The zero-order valence-corrected chi connectivity index (χ0v) is 12.0. The van der Waals surface area contributed by atoms with E-state index in [0.29, 0.717) is 29.7 Å². The first kappa shape index (κ1) is 13.9. The third-order valence-electron chi connectivity index (χ3n) is 3.02. The quantitative estimate of drug-likeness (QED) is 0.650. The van der Waals surface area contributed by atoms with E-state index in [-0.39, 0.29) is 5.69 Å². The molecular formula is C14H15N7O. The maximum Gasteiger partial charge on any atom is 0.340 e. The number of hydrogen-bond donors (Lipinski definition) is 3. The van der Waals surface area contributed by atoms with Gasteiger partial charge in [0.1, 0.15) is 17.3 Å². The van der Waals surface area contributed by atoms with Crippen LogP contribution in [-0.2, 0) is 13.0 Å². The second kappa shape index (κ2) is 6.17. The highest BCUT2D eigenvalue weighted by molar-refractivity contribution is 5.52. The molecule has 0 aliphatic carbocycles. The van der Waals surface area contributed by atoms with Gasteiger partial charge in [0.2, 0.25) is 0 Å². The average molecular weight is 297 g/mol. The van der Waals surface area contributed by atoms with E-state index >= 15 is 0 Å². The van der Waals surface area contributed by atoms with Crippen molar-refractivity contribution in [3.05, 3.63) is 52.5 Å². The summed E-state index contributed by atoms with van der Waals surface area (Å²) in [6, 6.07) is 7.48. The minimum atomic E-state index is -0.331. The van der Waals surface area contributed by atoms with Crippen LogP contribution in [0.5, 0.6) is 0 Å². The number of rotatable bonds is 5. The Kier molecular flexibility index (Phi) is 3.90. The predicted octanol–water partition coefficient (Wildman–Crippen LogP) is 1.12. The fraction of sp³-hybridized carbons (Fsp3) is 0.214. The fourth-order valence-corrected chi connectivity index (χ4v) is 1.94. The Morgan fingerprint density at radius 2 is 2.18 bits per heavy atom. The molecule has 0 bridgehead atoms. The third kappa shape index (κ3) is 3.17. The Morgan fingerprint density at radius 3 is 2.86 bits per heavy atom. The van der Waals surface area contributed by atoms with Gasteiger partial charge < -0.3 is 5.32 Å². The van der Waals surface area contributed by atoms with E-state index in [1.807, 2.05) is 31.2 Å². The van der Waals surface area contributed by atoms with Gasteiger partial charge in [0, 0.05) is 18.0 Å². The largest absolute Gasteiger partial charge is 0.363 e. The van der Waals surface area contributed by atoms with Gasteiger partial charge in [0.25, 0.3) is 0 Å². The minimum absolute atomic E-state index is 0.331. The molecule has 3 heterocycles. The van der Waals surface area contributed by atoms with Gasteiger partial charge in [-0.2, -0.15) is 5.10 Å². The van der Waals surface area contributed by atoms with E-state index in [4.69, 9.17) is 0 Å². The molecule has 0 amide bonds. The molecule has 3 aromatic rings. The number of nitrogens with zero attached hydrogens (tertiary/aromatic N) is 4. The molecule has 3 N–H and O–H groups in total. The van der Waals surface area contributed by atoms with Crippen LogP contribution in [0.1, 0.15) is 18.4 Å².